The van der Waals surface area contributed by atoms with Gasteiger partial charge in [-0.05, 0) is 97.9 Å². The minimum absolute atomic E-state index is 0.559. The zero-order chi connectivity index (χ0) is 40.1. The van der Waals surface area contributed by atoms with E-state index in [9.17, 15) is 0 Å². The van der Waals surface area contributed by atoms with E-state index in [1.54, 1.807) is 0 Å². The van der Waals surface area contributed by atoms with Gasteiger partial charge >= 0.3 is 0 Å². The minimum Gasteiger partial charge on any atom is -0.309 e. The zero-order valence-electron chi connectivity index (χ0n) is 33.3. The first-order chi connectivity index (χ1) is 30.3. The molecule has 2 nitrogen and oxygen atoms in total. The number of aromatic nitrogens is 1. The van der Waals surface area contributed by atoms with Gasteiger partial charge in [-0.3, -0.25) is 0 Å². The first-order valence-corrected chi connectivity index (χ1v) is 21.2. The molecule has 1 spiro atoms. The molecule has 13 rings (SSSR count). The standard InChI is InChI=1S/C59H38N2/c1-2-17-39(18-3-1)41-21-14-22-42(37-41)45-24-8-12-32-54(45)60(55-34-15-20-40-19-4-5-23-44(40)55)43-35-36-57-53(38-43)59(50-29-10-6-25-46(50)47-26-7-11-30-51(47)59)52-31-16-28-49-48-27-9-13-33-56(48)61(57)58(49)52/h1-38H. The Balaban J connectivity index is 1.14. The highest BCUT2D eigenvalue weighted by molar-refractivity contribution is 6.13. The summed E-state index contributed by atoms with van der Waals surface area (Å²) in [6.07, 6.45) is 0. The molecule has 1 aliphatic carbocycles. The lowest BCUT2D eigenvalue weighted by molar-refractivity contribution is 0.748. The third-order valence-corrected chi connectivity index (χ3v) is 13.4. The van der Waals surface area contributed by atoms with Gasteiger partial charge in [0.15, 0.2) is 0 Å². The number of rotatable bonds is 5. The van der Waals surface area contributed by atoms with Gasteiger partial charge in [-0.1, -0.05) is 188 Å². The normalized spacial score (nSPS) is 13.0. The molecular formula is C59H38N2. The van der Waals surface area contributed by atoms with Crippen LogP contribution in [0.5, 0.6) is 0 Å². The second-order valence-corrected chi connectivity index (χ2v) is 16.4. The lowest BCUT2D eigenvalue weighted by Gasteiger charge is -2.40. The molecule has 61 heavy (non-hydrogen) atoms. The minimum atomic E-state index is -0.559. The van der Waals surface area contributed by atoms with Gasteiger partial charge in [0.2, 0.25) is 0 Å². The van der Waals surface area contributed by atoms with Gasteiger partial charge in [0.1, 0.15) is 0 Å². The molecule has 2 heteroatoms. The Morgan fingerprint density at radius 2 is 0.918 bits per heavy atom. The van der Waals surface area contributed by atoms with Gasteiger partial charge in [0.05, 0.1) is 33.5 Å². The van der Waals surface area contributed by atoms with Crippen LogP contribution in [0.3, 0.4) is 0 Å². The third kappa shape index (κ3) is 4.73. The summed E-state index contributed by atoms with van der Waals surface area (Å²) >= 11 is 0. The number of nitrogens with zero attached hydrogens (tertiary/aromatic N) is 2. The lowest BCUT2D eigenvalue weighted by Crippen LogP contribution is -2.33. The predicted octanol–water partition coefficient (Wildman–Crippen LogP) is 15.4. The van der Waals surface area contributed by atoms with Crippen molar-refractivity contribution < 1.29 is 0 Å². The number of fused-ring (bicyclic) bond motifs is 13. The fraction of sp³-hybridized carbons (Fsp3) is 0.0169. The molecule has 0 bridgehead atoms. The van der Waals surface area contributed by atoms with E-state index in [1.807, 2.05) is 0 Å². The van der Waals surface area contributed by atoms with Crippen LogP contribution in [0, 0.1) is 0 Å². The molecule has 10 aromatic carbocycles. The summed E-state index contributed by atoms with van der Waals surface area (Å²) in [5, 5.41) is 4.96. The van der Waals surface area contributed by atoms with E-state index in [-0.39, 0.29) is 0 Å². The summed E-state index contributed by atoms with van der Waals surface area (Å²) in [5.41, 5.74) is 19.1. The molecule has 0 saturated carbocycles. The monoisotopic (exact) mass is 774 g/mol. The molecule has 0 amide bonds. The van der Waals surface area contributed by atoms with Crippen molar-refractivity contribution in [3.8, 4) is 39.1 Å². The largest absolute Gasteiger partial charge is 0.309 e. The van der Waals surface area contributed by atoms with Crippen molar-refractivity contribution in [3.63, 3.8) is 0 Å². The third-order valence-electron chi connectivity index (χ3n) is 13.4. The maximum absolute atomic E-state index is 2.54. The molecule has 0 N–H and O–H groups in total. The smallest absolute Gasteiger partial charge is 0.0755 e. The summed E-state index contributed by atoms with van der Waals surface area (Å²) in [5.74, 6) is 0. The summed E-state index contributed by atoms with van der Waals surface area (Å²) in [6, 6.07) is 85.5. The molecule has 284 valence electrons. The van der Waals surface area contributed by atoms with E-state index in [0.29, 0.717) is 0 Å². The Bertz CT molecular complexity index is 3500. The average molecular weight is 775 g/mol. The van der Waals surface area contributed by atoms with Crippen molar-refractivity contribution in [1.29, 1.82) is 0 Å². The van der Waals surface area contributed by atoms with Gasteiger partial charge < -0.3 is 9.47 Å². The Morgan fingerprint density at radius 1 is 0.344 bits per heavy atom. The maximum atomic E-state index is 2.54. The van der Waals surface area contributed by atoms with E-state index in [4.69, 9.17) is 0 Å². The molecule has 2 heterocycles. The van der Waals surface area contributed by atoms with Crippen LogP contribution in [0.15, 0.2) is 231 Å². The highest BCUT2D eigenvalue weighted by Gasteiger charge is 2.51. The van der Waals surface area contributed by atoms with Gasteiger partial charge in [0.25, 0.3) is 0 Å². The van der Waals surface area contributed by atoms with Crippen LogP contribution in [0.4, 0.5) is 17.1 Å². The van der Waals surface area contributed by atoms with E-state index < -0.39 is 5.41 Å². The van der Waals surface area contributed by atoms with Crippen LogP contribution < -0.4 is 4.90 Å². The van der Waals surface area contributed by atoms with Crippen molar-refractivity contribution in [1.82, 2.24) is 4.57 Å². The summed E-state index contributed by atoms with van der Waals surface area (Å²) in [6.45, 7) is 0. The van der Waals surface area contributed by atoms with Gasteiger partial charge in [-0.25, -0.2) is 0 Å². The number of hydrogen-bond acceptors (Lipinski definition) is 1. The lowest BCUT2D eigenvalue weighted by atomic mass is 9.65. The molecule has 0 fully saturated rings. The van der Waals surface area contributed by atoms with Crippen molar-refractivity contribution in [2.45, 2.75) is 5.41 Å². The summed E-state index contributed by atoms with van der Waals surface area (Å²) < 4.78 is 2.54. The van der Waals surface area contributed by atoms with Crippen LogP contribution in [0.1, 0.15) is 22.3 Å². The van der Waals surface area contributed by atoms with E-state index in [2.05, 4.69) is 240 Å². The first-order valence-electron chi connectivity index (χ1n) is 21.2. The van der Waals surface area contributed by atoms with E-state index in [0.717, 1.165) is 17.1 Å². The van der Waals surface area contributed by atoms with Crippen LogP contribution in [-0.2, 0) is 5.41 Å². The second-order valence-electron chi connectivity index (χ2n) is 16.4. The van der Waals surface area contributed by atoms with Crippen molar-refractivity contribution in [2.75, 3.05) is 4.90 Å². The summed E-state index contributed by atoms with van der Waals surface area (Å²) in [4.78, 5) is 2.51. The molecule has 0 radical (unpaired) electrons. The highest BCUT2D eigenvalue weighted by Crippen LogP contribution is 2.61. The van der Waals surface area contributed by atoms with E-state index >= 15 is 0 Å². The predicted molar refractivity (Wildman–Crippen MR) is 255 cm³/mol. The topological polar surface area (TPSA) is 8.17 Å². The molecule has 1 aromatic heterocycles. The molecule has 1 aliphatic heterocycles. The molecule has 0 saturated heterocycles. The Labute approximate surface area is 354 Å². The molecule has 2 aliphatic rings. The SMILES string of the molecule is c1ccc(-c2cccc(-c3ccccc3N(c3ccc4c(c3)C3(c5ccccc5-c5ccccc53)c3cccc5c6ccccc6n-4c35)c3cccc4ccccc34)c2)cc1. The number of para-hydroxylation sites is 3. The Hall–Kier alpha value is -7.94. The summed E-state index contributed by atoms with van der Waals surface area (Å²) in [7, 11) is 0. The molecule has 0 atom stereocenters. The number of benzene rings is 10. The quantitative estimate of drug-likeness (QED) is 0.169. The molecule has 0 unspecified atom stereocenters. The number of anilines is 3. The second kappa shape index (κ2) is 13.0. The fourth-order valence-electron chi connectivity index (χ4n) is 10.9. The van der Waals surface area contributed by atoms with Gasteiger partial charge in [-0.2, -0.15) is 0 Å². The zero-order valence-corrected chi connectivity index (χ0v) is 33.3. The Kier molecular flexibility index (Phi) is 7.26. The van der Waals surface area contributed by atoms with Crippen LogP contribution in [0.25, 0.3) is 71.6 Å². The average Bonchev–Trinajstić information content (AvgIpc) is 3.83. The van der Waals surface area contributed by atoms with Gasteiger partial charge in [-0.15, -0.1) is 0 Å². The van der Waals surface area contributed by atoms with Gasteiger partial charge in [0, 0.05) is 27.4 Å². The fourth-order valence-corrected chi connectivity index (χ4v) is 10.9. The van der Waals surface area contributed by atoms with Crippen molar-refractivity contribution in [2.24, 2.45) is 0 Å². The van der Waals surface area contributed by atoms with Crippen molar-refractivity contribution in [3.05, 3.63) is 253 Å². The van der Waals surface area contributed by atoms with Crippen LogP contribution in [0.2, 0.25) is 0 Å². The van der Waals surface area contributed by atoms with Crippen molar-refractivity contribution >= 4 is 49.6 Å². The number of hydrogen-bond donors (Lipinski definition) is 0. The molecular weight excluding hydrogens is 737 g/mol. The van der Waals surface area contributed by atoms with Crippen LogP contribution in [-0.4, -0.2) is 4.57 Å². The Morgan fingerprint density at radius 3 is 1.75 bits per heavy atom. The van der Waals surface area contributed by atoms with E-state index in [1.165, 1.54) is 93.9 Å². The molecule has 11 aromatic rings. The highest BCUT2D eigenvalue weighted by atomic mass is 15.1. The first kappa shape index (κ1) is 34.0. The van der Waals surface area contributed by atoms with Crippen LogP contribution >= 0.6 is 0 Å². The maximum Gasteiger partial charge on any atom is 0.0755 e.